The van der Waals surface area contributed by atoms with Crippen LogP contribution in [0.15, 0.2) is 30.3 Å². The van der Waals surface area contributed by atoms with Crippen molar-refractivity contribution in [2.75, 3.05) is 39.8 Å². The molecule has 0 aliphatic carbocycles. The van der Waals surface area contributed by atoms with Gasteiger partial charge < -0.3 is 19.9 Å². The molecule has 1 saturated heterocycles. The summed E-state index contributed by atoms with van der Waals surface area (Å²) in [4.78, 5) is 28.4. The van der Waals surface area contributed by atoms with Crippen molar-refractivity contribution >= 4 is 11.8 Å². The quantitative estimate of drug-likeness (QED) is 0.810. The van der Waals surface area contributed by atoms with Gasteiger partial charge in [0.2, 0.25) is 5.91 Å². The van der Waals surface area contributed by atoms with E-state index in [2.05, 4.69) is 24.1 Å². The largest absolute Gasteiger partial charge is 0.356 e. The van der Waals surface area contributed by atoms with Gasteiger partial charge in [0, 0.05) is 20.1 Å². The van der Waals surface area contributed by atoms with Crippen LogP contribution in [0.25, 0.3) is 0 Å². The average molecular weight is 333 g/mol. The molecule has 0 bridgehead atoms. The van der Waals surface area contributed by atoms with Gasteiger partial charge in [-0.15, -0.1) is 0 Å². The number of hydrogen-bond donors (Lipinski definition) is 1. The summed E-state index contributed by atoms with van der Waals surface area (Å²) in [6.45, 7) is 7.42. The van der Waals surface area contributed by atoms with Crippen LogP contribution < -0.4 is 5.32 Å². The first-order valence-corrected chi connectivity index (χ1v) is 8.50. The van der Waals surface area contributed by atoms with Crippen LogP contribution in [0.2, 0.25) is 0 Å². The van der Waals surface area contributed by atoms with Gasteiger partial charge in [0.1, 0.15) is 6.61 Å². The topological polar surface area (TPSA) is 61.9 Å². The number of hydrogen-bond acceptors (Lipinski definition) is 4. The summed E-state index contributed by atoms with van der Waals surface area (Å²) in [6.07, 6.45) is -0.688. The highest BCUT2D eigenvalue weighted by atomic mass is 16.5. The Morgan fingerprint density at radius 1 is 1.29 bits per heavy atom. The molecule has 1 aliphatic rings. The second kappa shape index (κ2) is 8.80. The van der Waals surface area contributed by atoms with Gasteiger partial charge in [-0.1, -0.05) is 44.2 Å². The molecule has 1 N–H and O–H groups in total. The normalized spacial score (nSPS) is 21.2. The van der Waals surface area contributed by atoms with Crippen molar-refractivity contribution in [2.45, 2.75) is 26.0 Å². The van der Waals surface area contributed by atoms with Gasteiger partial charge in [0.25, 0.3) is 5.91 Å². The lowest BCUT2D eigenvalue weighted by Crippen LogP contribution is -2.53. The lowest BCUT2D eigenvalue weighted by Gasteiger charge is -2.38. The Morgan fingerprint density at radius 2 is 1.96 bits per heavy atom. The summed E-state index contributed by atoms with van der Waals surface area (Å²) in [6, 6.07) is 9.14. The summed E-state index contributed by atoms with van der Waals surface area (Å²) >= 11 is 0. The van der Waals surface area contributed by atoms with Gasteiger partial charge in [-0.2, -0.15) is 0 Å². The van der Waals surface area contributed by atoms with Crippen molar-refractivity contribution in [3.63, 3.8) is 0 Å². The van der Waals surface area contributed by atoms with Gasteiger partial charge in [0.05, 0.1) is 6.04 Å². The van der Waals surface area contributed by atoms with E-state index in [0.717, 1.165) is 25.2 Å². The van der Waals surface area contributed by atoms with E-state index in [1.165, 1.54) is 0 Å². The number of rotatable bonds is 7. The monoisotopic (exact) mass is 333 g/mol. The Morgan fingerprint density at radius 3 is 2.58 bits per heavy atom. The maximum atomic E-state index is 12.6. The van der Waals surface area contributed by atoms with Crippen LogP contribution in [0.3, 0.4) is 0 Å². The highest BCUT2D eigenvalue weighted by Gasteiger charge is 2.39. The molecule has 1 heterocycles. The Bertz CT molecular complexity index is 546. The number of amides is 2. The highest BCUT2D eigenvalue weighted by Crippen LogP contribution is 2.28. The van der Waals surface area contributed by atoms with Crippen LogP contribution in [0.4, 0.5) is 0 Å². The zero-order valence-corrected chi connectivity index (χ0v) is 14.7. The maximum absolute atomic E-state index is 12.6. The minimum absolute atomic E-state index is 0.0615. The van der Waals surface area contributed by atoms with Gasteiger partial charge in [-0.05, 0) is 18.7 Å². The lowest BCUT2D eigenvalue weighted by molar-refractivity contribution is -0.162. The van der Waals surface area contributed by atoms with Gasteiger partial charge >= 0.3 is 0 Å². The molecule has 6 heteroatoms. The fourth-order valence-corrected chi connectivity index (χ4v) is 2.96. The first-order valence-electron chi connectivity index (χ1n) is 8.50. The first kappa shape index (κ1) is 18.4. The summed E-state index contributed by atoms with van der Waals surface area (Å²) in [5.41, 5.74) is 0.900. The molecule has 24 heavy (non-hydrogen) atoms. The van der Waals surface area contributed by atoms with E-state index < -0.39 is 12.1 Å². The molecule has 0 saturated carbocycles. The number of benzene rings is 1. The van der Waals surface area contributed by atoms with E-state index in [9.17, 15) is 9.59 Å². The molecule has 1 aromatic rings. The zero-order chi connectivity index (χ0) is 17.5. The van der Waals surface area contributed by atoms with Crippen molar-refractivity contribution in [3.05, 3.63) is 35.9 Å². The van der Waals surface area contributed by atoms with E-state index in [1.54, 1.807) is 11.9 Å². The van der Waals surface area contributed by atoms with E-state index in [4.69, 9.17) is 4.74 Å². The molecule has 2 atom stereocenters. The third-order valence-corrected chi connectivity index (χ3v) is 4.50. The fraction of sp³-hybridized carbons (Fsp3) is 0.556. The Kier molecular flexibility index (Phi) is 6.75. The van der Waals surface area contributed by atoms with Crippen LogP contribution in [0.5, 0.6) is 0 Å². The first-order chi connectivity index (χ1) is 11.6. The standard InChI is InChI=1S/C18H27N3O3/c1-4-21(5-2)12-11-19-18(23)17-16(14-9-7-6-8-10-14)20(3)15(22)13-24-17/h6-10,16-17H,4-5,11-13H2,1-3H3,(H,19,23). The average Bonchev–Trinajstić information content (AvgIpc) is 2.61. The summed E-state index contributed by atoms with van der Waals surface area (Å²) in [7, 11) is 1.72. The molecule has 6 nitrogen and oxygen atoms in total. The molecular formula is C18H27N3O3. The molecule has 1 aromatic carbocycles. The van der Waals surface area contributed by atoms with Crippen molar-refractivity contribution < 1.29 is 14.3 Å². The van der Waals surface area contributed by atoms with Gasteiger partial charge in [-0.3, -0.25) is 9.59 Å². The van der Waals surface area contributed by atoms with Crippen molar-refractivity contribution in [1.82, 2.24) is 15.1 Å². The van der Waals surface area contributed by atoms with E-state index in [1.807, 2.05) is 30.3 Å². The molecule has 2 amide bonds. The highest BCUT2D eigenvalue weighted by molar-refractivity contribution is 5.86. The van der Waals surface area contributed by atoms with Crippen LogP contribution in [-0.4, -0.2) is 67.6 Å². The van der Waals surface area contributed by atoms with Gasteiger partial charge in [0.15, 0.2) is 6.10 Å². The molecule has 1 fully saturated rings. The van der Waals surface area contributed by atoms with Gasteiger partial charge in [-0.25, -0.2) is 0 Å². The molecule has 0 aromatic heterocycles. The molecule has 1 aliphatic heterocycles. The number of ether oxygens (including phenoxy) is 1. The summed E-state index contributed by atoms with van der Waals surface area (Å²) < 4.78 is 5.58. The lowest BCUT2D eigenvalue weighted by atomic mass is 9.97. The van der Waals surface area contributed by atoms with Crippen molar-refractivity contribution in [2.24, 2.45) is 0 Å². The molecule has 2 rings (SSSR count). The van der Waals surface area contributed by atoms with Crippen molar-refractivity contribution in [1.29, 1.82) is 0 Å². The van der Waals surface area contributed by atoms with E-state index in [-0.39, 0.29) is 18.4 Å². The Labute approximate surface area is 143 Å². The third-order valence-electron chi connectivity index (χ3n) is 4.50. The molecular weight excluding hydrogens is 306 g/mol. The van der Waals surface area contributed by atoms with E-state index >= 15 is 0 Å². The number of nitrogens with zero attached hydrogens (tertiary/aromatic N) is 2. The number of likely N-dealkylation sites (N-methyl/N-ethyl adjacent to an activating group) is 2. The minimum atomic E-state index is -0.688. The SMILES string of the molecule is CCN(CC)CCNC(=O)C1OCC(=O)N(C)C1c1ccccc1. The second-order valence-electron chi connectivity index (χ2n) is 5.91. The Hall–Kier alpha value is -1.92. The summed E-state index contributed by atoms with van der Waals surface area (Å²) in [5, 5.41) is 2.94. The number of carbonyl (C=O) groups excluding carboxylic acids is 2. The van der Waals surface area contributed by atoms with Crippen LogP contribution in [0.1, 0.15) is 25.5 Å². The van der Waals surface area contributed by atoms with Crippen LogP contribution in [-0.2, 0) is 14.3 Å². The fourth-order valence-electron chi connectivity index (χ4n) is 2.96. The smallest absolute Gasteiger partial charge is 0.251 e. The Balaban J connectivity index is 2.05. The molecule has 2 unspecified atom stereocenters. The minimum Gasteiger partial charge on any atom is -0.356 e. The predicted octanol–water partition coefficient (Wildman–Crippen LogP) is 1.04. The van der Waals surface area contributed by atoms with Crippen LogP contribution >= 0.6 is 0 Å². The maximum Gasteiger partial charge on any atom is 0.251 e. The summed E-state index contributed by atoms with van der Waals surface area (Å²) in [5.74, 6) is -0.286. The molecule has 0 radical (unpaired) electrons. The third kappa shape index (κ3) is 4.33. The number of morpholine rings is 1. The van der Waals surface area contributed by atoms with Crippen LogP contribution in [0, 0.1) is 0 Å². The predicted molar refractivity (Wildman–Crippen MR) is 92.5 cm³/mol. The second-order valence-corrected chi connectivity index (χ2v) is 5.91. The number of carbonyl (C=O) groups is 2. The zero-order valence-electron chi connectivity index (χ0n) is 14.7. The molecule has 132 valence electrons. The van der Waals surface area contributed by atoms with E-state index in [0.29, 0.717) is 6.54 Å². The van der Waals surface area contributed by atoms with Crippen molar-refractivity contribution in [3.8, 4) is 0 Å². The number of nitrogens with one attached hydrogen (secondary N) is 1. The molecule has 0 spiro atoms.